The first kappa shape index (κ1) is 17.0. The van der Waals surface area contributed by atoms with Gasteiger partial charge in [-0.3, -0.25) is 0 Å². The second-order valence-corrected chi connectivity index (χ2v) is 6.17. The molecule has 0 aromatic heterocycles. The van der Waals surface area contributed by atoms with Crippen molar-refractivity contribution in [3.8, 4) is 0 Å². The van der Waals surface area contributed by atoms with Crippen LogP contribution in [0.1, 0.15) is 98.3 Å². The standard InChI is InChI=1S/C17H36/c1-5-7-8-9-10-11-12-13-14-17(6-2)15-16(3)4/h16-17H,5-15H2,1-4H3. The van der Waals surface area contributed by atoms with Crippen molar-refractivity contribution < 1.29 is 0 Å². The minimum absolute atomic E-state index is 0.883. The van der Waals surface area contributed by atoms with Gasteiger partial charge in [0, 0.05) is 0 Å². The molecule has 0 heterocycles. The Bertz CT molecular complexity index is 137. The molecule has 0 spiro atoms. The third-order valence-electron chi connectivity index (χ3n) is 3.85. The van der Waals surface area contributed by atoms with E-state index < -0.39 is 0 Å². The first-order valence-corrected chi connectivity index (χ1v) is 8.20. The topological polar surface area (TPSA) is 0 Å². The zero-order valence-electron chi connectivity index (χ0n) is 12.9. The molecule has 0 nitrogen and oxygen atoms in total. The van der Waals surface area contributed by atoms with Crippen LogP contribution in [0.5, 0.6) is 0 Å². The number of rotatable bonds is 12. The molecule has 104 valence electrons. The van der Waals surface area contributed by atoms with Gasteiger partial charge in [-0.25, -0.2) is 0 Å². The van der Waals surface area contributed by atoms with Crippen molar-refractivity contribution in [1.82, 2.24) is 0 Å². The van der Waals surface area contributed by atoms with E-state index in [9.17, 15) is 0 Å². The summed E-state index contributed by atoms with van der Waals surface area (Å²) >= 11 is 0. The summed E-state index contributed by atoms with van der Waals surface area (Å²) in [4.78, 5) is 0. The molecule has 0 rings (SSSR count). The maximum Gasteiger partial charge on any atom is -0.0414 e. The molecule has 17 heavy (non-hydrogen) atoms. The molecule has 0 aromatic carbocycles. The van der Waals surface area contributed by atoms with Crippen molar-refractivity contribution in [1.29, 1.82) is 0 Å². The lowest BCUT2D eigenvalue weighted by molar-refractivity contribution is 0.361. The Kier molecular flexibility index (Phi) is 12.5. The Morgan fingerprint density at radius 2 is 1.24 bits per heavy atom. The summed E-state index contributed by atoms with van der Waals surface area (Å²) in [5, 5.41) is 0. The summed E-state index contributed by atoms with van der Waals surface area (Å²) in [5.74, 6) is 1.88. The lowest BCUT2D eigenvalue weighted by Gasteiger charge is -2.16. The zero-order chi connectivity index (χ0) is 12.9. The van der Waals surface area contributed by atoms with Gasteiger partial charge in [-0.05, 0) is 18.3 Å². The maximum absolute atomic E-state index is 2.36. The normalized spacial score (nSPS) is 13.2. The number of hydrogen-bond donors (Lipinski definition) is 0. The molecule has 0 aliphatic rings. The molecule has 0 aromatic rings. The Morgan fingerprint density at radius 1 is 0.706 bits per heavy atom. The quantitative estimate of drug-likeness (QED) is 0.338. The summed E-state index contributed by atoms with van der Waals surface area (Å²) in [6.45, 7) is 9.37. The maximum atomic E-state index is 2.36. The van der Waals surface area contributed by atoms with E-state index in [1.165, 1.54) is 70.6 Å². The van der Waals surface area contributed by atoms with Crippen LogP contribution in [0.15, 0.2) is 0 Å². The van der Waals surface area contributed by atoms with Crippen molar-refractivity contribution in [3.05, 3.63) is 0 Å². The molecule has 1 unspecified atom stereocenters. The van der Waals surface area contributed by atoms with Crippen molar-refractivity contribution in [2.45, 2.75) is 98.3 Å². The minimum atomic E-state index is 0.883. The highest BCUT2D eigenvalue weighted by Crippen LogP contribution is 2.22. The lowest BCUT2D eigenvalue weighted by Crippen LogP contribution is -2.03. The fourth-order valence-electron chi connectivity index (χ4n) is 2.72. The summed E-state index contributed by atoms with van der Waals surface area (Å²) < 4.78 is 0. The summed E-state index contributed by atoms with van der Waals surface area (Å²) in [7, 11) is 0. The molecule has 0 bridgehead atoms. The Balaban J connectivity index is 3.25. The molecule has 0 amide bonds. The Hall–Kier alpha value is 0. The van der Waals surface area contributed by atoms with Gasteiger partial charge >= 0.3 is 0 Å². The van der Waals surface area contributed by atoms with Gasteiger partial charge in [-0.1, -0.05) is 91.9 Å². The average molecular weight is 240 g/mol. The predicted octanol–water partition coefficient (Wildman–Crippen LogP) is 6.59. The van der Waals surface area contributed by atoms with E-state index in [0.717, 1.165) is 11.8 Å². The van der Waals surface area contributed by atoms with Crippen LogP contribution in [-0.4, -0.2) is 0 Å². The largest absolute Gasteiger partial charge is 0.0654 e. The number of hydrogen-bond acceptors (Lipinski definition) is 0. The average Bonchev–Trinajstić information content (AvgIpc) is 2.30. The van der Waals surface area contributed by atoms with Gasteiger partial charge in [0.1, 0.15) is 0 Å². The van der Waals surface area contributed by atoms with Crippen molar-refractivity contribution in [2.24, 2.45) is 11.8 Å². The Labute approximate surface area is 111 Å². The summed E-state index contributed by atoms with van der Waals surface area (Å²) in [6.07, 6.45) is 15.9. The van der Waals surface area contributed by atoms with Gasteiger partial charge in [0.2, 0.25) is 0 Å². The first-order chi connectivity index (χ1) is 8.20. The second-order valence-electron chi connectivity index (χ2n) is 6.17. The van der Waals surface area contributed by atoms with Crippen molar-refractivity contribution in [2.75, 3.05) is 0 Å². The van der Waals surface area contributed by atoms with Crippen LogP contribution in [0.25, 0.3) is 0 Å². The van der Waals surface area contributed by atoms with Crippen LogP contribution >= 0.6 is 0 Å². The van der Waals surface area contributed by atoms with Gasteiger partial charge in [-0.2, -0.15) is 0 Å². The third-order valence-corrected chi connectivity index (χ3v) is 3.85. The van der Waals surface area contributed by atoms with E-state index in [1.54, 1.807) is 0 Å². The summed E-state index contributed by atoms with van der Waals surface area (Å²) in [6, 6.07) is 0. The van der Waals surface area contributed by atoms with Gasteiger partial charge in [0.05, 0.1) is 0 Å². The third kappa shape index (κ3) is 12.2. The van der Waals surface area contributed by atoms with Gasteiger partial charge in [-0.15, -0.1) is 0 Å². The van der Waals surface area contributed by atoms with Crippen LogP contribution < -0.4 is 0 Å². The van der Waals surface area contributed by atoms with Gasteiger partial charge in [0.25, 0.3) is 0 Å². The summed E-state index contributed by atoms with van der Waals surface area (Å²) in [5.41, 5.74) is 0. The second kappa shape index (κ2) is 12.5. The van der Waals surface area contributed by atoms with E-state index >= 15 is 0 Å². The number of unbranched alkanes of at least 4 members (excludes halogenated alkanes) is 7. The SMILES string of the molecule is CCCCCCCCCCC(CC)CC(C)C. The molecule has 0 aliphatic heterocycles. The van der Waals surface area contributed by atoms with E-state index in [-0.39, 0.29) is 0 Å². The van der Waals surface area contributed by atoms with Crippen LogP contribution in [0.2, 0.25) is 0 Å². The van der Waals surface area contributed by atoms with Gasteiger partial charge < -0.3 is 0 Å². The van der Waals surface area contributed by atoms with Crippen molar-refractivity contribution >= 4 is 0 Å². The highest BCUT2D eigenvalue weighted by atomic mass is 14.1. The molecule has 0 N–H and O–H groups in total. The lowest BCUT2D eigenvalue weighted by atomic mass is 9.90. The van der Waals surface area contributed by atoms with Gasteiger partial charge in [0.15, 0.2) is 0 Å². The van der Waals surface area contributed by atoms with Crippen LogP contribution in [0, 0.1) is 11.8 Å². The van der Waals surface area contributed by atoms with E-state index in [1.807, 2.05) is 0 Å². The molecule has 0 saturated heterocycles. The molecule has 0 heteroatoms. The molecule has 1 atom stereocenters. The fraction of sp³-hybridized carbons (Fsp3) is 1.00. The van der Waals surface area contributed by atoms with Crippen LogP contribution in [0.4, 0.5) is 0 Å². The Morgan fingerprint density at radius 3 is 1.71 bits per heavy atom. The highest BCUT2D eigenvalue weighted by Gasteiger charge is 2.07. The molecular formula is C17H36. The molecular weight excluding hydrogens is 204 g/mol. The highest BCUT2D eigenvalue weighted by molar-refractivity contribution is 4.60. The fourth-order valence-corrected chi connectivity index (χ4v) is 2.72. The molecule has 0 fully saturated rings. The van der Waals surface area contributed by atoms with E-state index in [4.69, 9.17) is 0 Å². The monoisotopic (exact) mass is 240 g/mol. The zero-order valence-corrected chi connectivity index (χ0v) is 12.9. The van der Waals surface area contributed by atoms with E-state index in [0.29, 0.717) is 0 Å². The first-order valence-electron chi connectivity index (χ1n) is 8.20. The smallest absolute Gasteiger partial charge is 0.0414 e. The molecule has 0 saturated carbocycles. The molecule has 0 radical (unpaired) electrons. The molecule has 0 aliphatic carbocycles. The van der Waals surface area contributed by atoms with Crippen LogP contribution in [0.3, 0.4) is 0 Å². The van der Waals surface area contributed by atoms with Crippen LogP contribution in [-0.2, 0) is 0 Å². The van der Waals surface area contributed by atoms with E-state index in [2.05, 4.69) is 27.7 Å². The minimum Gasteiger partial charge on any atom is -0.0654 e. The predicted molar refractivity (Wildman–Crippen MR) is 80.5 cm³/mol. The van der Waals surface area contributed by atoms with Crippen molar-refractivity contribution in [3.63, 3.8) is 0 Å².